The summed E-state index contributed by atoms with van der Waals surface area (Å²) in [5, 5.41) is 3.01. The minimum atomic E-state index is -0.939. The Kier molecular flexibility index (Phi) is 5.86. The Bertz CT molecular complexity index is 1110. The molecular formula is C26H25N3O3. The molecule has 3 aromatic rings. The van der Waals surface area contributed by atoms with E-state index in [0.717, 1.165) is 10.5 Å². The minimum absolute atomic E-state index is 0.319. The van der Waals surface area contributed by atoms with Gasteiger partial charge in [0.1, 0.15) is 6.04 Å². The van der Waals surface area contributed by atoms with Crippen LogP contribution in [0.25, 0.3) is 0 Å². The molecule has 4 rings (SSSR count). The fraction of sp³-hybridized carbons (Fsp3) is 0.231. The normalized spacial score (nSPS) is 14.2. The fourth-order valence-electron chi connectivity index (χ4n) is 4.00. The Morgan fingerprint density at radius 3 is 2.09 bits per heavy atom. The Morgan fingerprint density at radius 1 is 0.906 bits per heavy atom. The van der Waals surface area contributed by atoms with Crippen LogP contribution >= 0.6 is 0 Å². The summed E-state index contributed by atoms with van der Waals surface area (Å²) >= 11 is 0. The molecule has 0 aliphatic carbocycles. The molecule has 6 heteroatoms. The third-order valence-electron chi connectivity index (χ3n) is 5.73. The van der Waals surface area contributed by atoms with Gasteiger partial charge in [0.05, 0.1) is 22.4 Å². The third kappa shape index (κ3) is 4.17. The molecule has 1 aliphatic heterocycles. The topological polar surface area (TPSA) is 79.4 Å². The average molecular weight is 428 g/mol. The van der Waals surface area contributed by atoms with Gasteiger partial charge in [-0.2, -0.15) is 0 Å². The van der Waals surface area contributed by atoms with Crippen molar-refractivity contribution in [2.24, 2.45) is 0 Å². The lowest BCUT2D eigenvalue weighted by atomic mass is 9.97. The first-order valence-electron chi connectivity index (χ1n) is 10.6. The standard InChI is InChI=1S/C26H25N3O3/c1-26(2,22-14-8-9-17-27-22)28-23(30)21(16-15-18-10-4-3-5-11-18)29-24(31)19-12-6-7-13-20(19)25(29)32/h3-14,17,21H,15-16H2,1-2H3,(H,28,30)/t21-/m0/s1. The molecule has 1 atom stereocenters. The average Bonchev–Trinajstić information content (AvgIpc) is 3.06. The van der Waals surface area contributed by atoms with Gasteiger partial charge >= 0.3 is 0 Å². The van der Waals surface area contributed by atoms with Gasteiger partial charge in [-0.15, -0.1) is 0 Å². The largest absolute Gasteiger partial charge is 0.344 e. The summed E-state index contributed by atoms with van der Waals surface area (Å²) in [6, 6.07) is 21.0. The SMILES string of the molecule is CC(C)(NC(=O)[C@H](CCc1ccccc1)N1C(=O)c2ccccc2C1=O)c1ccccn1. The summed E-state index contributed by atoms with van der Waals surface area (Å²) in [7, 11) is 0. The van der Waals surface area contributed by atoms with Gasteiger partial charge in [-0.3, -0.25) is 24.3 Å². The fourth-order valence-corrected chi connectivity index (χ4v) is 4.00. The van der Waals surface area contributed by atoms with Crippen molar-refractivity contribution in [1.82, 2.24) is 15.2 Å². The van der Waals surface area contributed by atoms with E-state index in [9.17, 15) is 14.4 Å². The maximum atomic E-state index is 13.5. The van der Waals surface area contributed by atoms with E-state index in [0.29, 0.717) is 29.7 Å². The second kappa shape index (κ2) is 8.75. The molecule has 0 radical (unpaired) electrons. The Balaban J connectivity index is 1.63. The first-order chi connectivity index (χ1) is 15.4. The van der Waals surface area contributed by atoms with E-state index in [1.165, 1.54) is 0 Å². The van der Waals surface area contributed by atoms with E-state index in [2.05, 4.69) is 10.3 Å². The molecule has 6 nitrogen and oxygen atoms in total. The molecule has 0 spiro atoms. The van der Waals surface area contributed by atoms with Crippen molar-refractivity contribution < 1.29 is 14.4 Å². The van der Waals surface area contributed by atoms with E-state index in [4.69, 9.17) is 0 Å². The molecule has 0 saturated heterocycles. The highest BCUT2D eigenvalue weighted by Crippen LogP contribution is 2.27. The second-order valence-corrected chi connectivity index (χ2v) is 8.40. The quantitative estimate of drug-likeness (QED) is 0.583. The molecule has 0 bridgehead atoms. The van der Waals surface area contributed by atoms with Gasteiger partial charge in [0.2, 0.25) is 5.91 Å². The van der Waals surface area contributed by atoms with Crippen LogP contribution in [0.5, 0.6) is 0 Å². The lowest BCUT2D eigenvalue weighted by Gasteiger charge is -2.31. The number of aromatic nitrogens is 1. The van der Waals surface area contributed by atoms with Crippen molar-refractivity contribution in [2.45, 2.75) is 38.3 Å². The summed E-state index contributed by atoms with van der Waals surface area (Å²) in [5.74, 6) is -1.25. The van der Waals surface area contributed by atoms with Crippen molar-refractivity contribution >= 4 is 17.7 Å². The second-order valence-electron chi connectivity index (χ2n) is 8.40. The predicted octanol–water partition coefficient (Wildman–Crippen LogP) is 3.73. The smallest absolute Gasteiger partial charge is 0.262 e. The van der Waals surface area contributed by atoms with E-state index < -0.39 is 23.4 Å². The van der Waals surface area contributed by atoms with Crippen molar-refractivity contribution in [2.75, 3.05) is 0 Å². The molecule has 0 fully saturated rings. The molecule has 32 heavy (non-hydrogen) atoms. The van der Waals surface area contributed by atoms with Crippen LogP contribution in [0, 0.1) is 0 Å². The number of benzene rings is 2. The molecule has 162 valence electrons. The molecule has 3 amide bonds. The number of hydrogen-bond donors (Lipinski definition) is 1. The van der Waals surface area contributed by atoms with Crippen LogP contribution in [0.4, 0.5) is 0 Å². The highest BCUT2D eigenvalue weighted by Gasteiger charge is 2.43. The summed E-state index contributed by atoms with van der Waals surface area (Å²) in [4.78, 5) is 45.2. The number of amides is 3. The highest BCUT2D eigenvalue weighted by molar-refractivity contribution is 6.22. The van der Waals surface area contributed by atoms with Crippen LogP contribution in [0.3, 0.4) is 0 Å². The van der Waals surface area contributed by atoms with E-state index in [1.807, 2.05) is 62.4 Å². The number of imide groups is 1. The molecule has 2 aromatic carbocycles. The van der Waals surface area contributed by atoms with Gasteiger partial charge in [-0.05, 0) is 56.5 Å². The molecule has 1 N–H and O–H groups in total. The third-order valence-corrected chi connectivity index (χ3v) is 5.73. The van der Waals surface area contributed by atoms with Crippen LogP contribution in [0.1, 0.15) is 52.2 Å². The molecule has 2 heterocycles. The zero-order valence-corrected chi connectivity index (χ0v) is 18.1. The number of aryl methyl sites for hydroxylation is 1. The van der Waals surface area contributed by atoms with Crippen molar-refractivity contribution in [1.29, 1.82) is 0 Å². The lowest BCUT2D eigenvalue weighted by molar-refractivity contribution is -0.127. The number of rotatable bonds is 7. The zero-order chi connectivity index (χ0) is 22.7. The van der Waals surface area contributed by atoms with Gasteiger partial charge in [0, 0.05) is 6.20 Å². The first kappa shape index (κ1) is 21.4. The van der Waals surface area contributed by atoms with Gasteiger partial charge in [-0.1, -0.05) is 48.5 Å². The molecule has 0 saturated carbocycles. The molecule has 0 unspecified atom stereocenters. The van der Waals surface area contributed by atoms with Gasteiger partial charge in [0.25, 0.3) is 11.8 Å². The van der Waals surface area contributed by atoms with Crippen molar-refractivity contribution in [3.05, 3.63) is 101 Å². The minimum Gasteiger partial charge on any atom is -0.344 e. The zero-order valence-electron chi connectivity index (χ0n) is 18.1. The molecule has 1 aliphatic rings. The lowest BCUT2D eigenvalue weighted by Crippen LogP contribution is -2.54. The predicted molar refractivity (Wildman–Crippen MR) is 121 cm³/mol. The summed E-state index contributed by atoms with van der Waals surface area (Å²) in [5.41, 5.74) is 1.61. The summed E-state index contributed by atoms with van der Waals surface area (Å²) < 4.78 is 0. The van der Waals surface area contributed by atoms with Gasteiger partial charge in [0.15, 0.2) is 0 Å². The monoisotopic (exact) mass is 427 g/mol. The van der Waals surface area contributed by atoms with Crippen LogP contribution in [-0.4, -0.2) is 33.6 Å². The highest BCUT2D eigenvalue weighted by atomic mass is 16.2. The first-order valence-corrected chi connectivity index (χ1v) is 10.6. The van der Waals surface area contributed by atoms with Gasteiger partial charge in [-0.25, -0.2) is 0 Å². The summed E-state index contributed by atoms with van der Waals surface area (Å²) in [6.45, 7) is 3.70. The maximum absolute atomic E-state index is 13.5. The van der Waals surface area contributed by atoms with Crippen molar-refractivity contribution in [3.63, 3.8) is 0 Å². The number of nitrogens with one attached hydrogen (secondary N) is 1. The Morgan fingerprint density at radius 2 is 1.50 bits per heavy atom. The number of hydrogen-bond acceptors (Lipinski definition) is 4. The Hall–Kier alpha value is -3.80. The number of carbonyl (C=O) groups excluding carboxylic acids is 3. The van der Waals surface area contributed by atoms with Gasteiger partial charge < -0.3 is 5.32 Å². The summed E-state index contributed by atoms with van der Waals surface area (Å²) in [6.07, 6.45) is 2.54. The van der Waals surface area contributed by atoms with Crippen molar-refractivity contribution in [3.8, 4) is 0 Å². The number of pyridine rings is 1. The van der Waals surface area contributed by atoms with Crippen LogP contribution < -0.4 is 5.32 Å². The number of fused-ring (bicyclic) bond motifs is 1. The maximum Gasteiger partial charge on any atom is 0.262 e. The van der Waals surface area contributed by atoms with E-state index in [1.54, 1.807) is 30.5 Å². The number of nitrogens with zero attached hydrogens (tertiary/aromatic N) is 2. The van der Waals surface area contributed by atoms with Crippen LogP contribution in [0.2, 0.25) is 0 Å². The van der Waals surface area contributed by atoms with Crippen LogP contribution in [0.15, 0.2) is 79.0 Å². The van der Waals surface area contributed by atoms with E-state index >= 15 is 0 Å². The van der Waals surface area contributed by atoms with Crippen LogP contribution in [-0.2, 0) is 16.8 Å². The number of carbonyl (C=O) groups is 3. The molecule has 1 aromatic heterocycles. The van der Waals surface area contributed by atoms with E-state index in [-0.39, 0.29) is 5.91 Å². The molecular weight excluding hydrogens is 402 g/mol. The Labute approximate surface area is 187 Å².